The zero-order chi connectivity index (χ0) is 15.4. The minimum absolute atomic E-state index is 0.107. The van der Waals surface area contributed by atoms with Gasteiger partial charge in [-0.2, -0.15) is 0 Å². The smallest absolute Gasteiger partial charge is 0.292 e. The van der Waals surface area contributed by atoms with E-state index in [-0.39, 0.29) is 24.3 Å². The van der Waals surface area contributed by atoms with Crippen molar-refractivity contribution in [3.63, 3.8) is 0 Å². The lowest BCUT2D eigenvalue weighted by Gasteiger charge is -2.13. The molecule has 1 saturated heterocycles. The molecule has 2 aromatic rings. The lowest BCUT2D eigenvalue weighted by Crippen LogP contribution is -2.92. The van der Waals surface area contributed by atoms with Crippen molar-refractivity contribution in [2.24, 2.45) is 0 Å². The Morgan fingerprint density at radius 1 is 0.955 bits per heavy atom. The normalized spacial score (nSPS) is 18.0. The molecule has 1 atom stereocenters. The van der Waals surface area contributed by atoms with Gasteiger partial charge in [0.1, 0.15) is 0 Å². The molecule has 0 aromatic heterocycles. The summed E-state index contributed by atoms with van der Waals surface area (Å²) in [5, 5.41) is 1.98. The zero-order valence-electron chi connectivity index (χ0n) is 12.3. The van der Waals surface area contributed by atoms with Crippen molar-refractivity contribution in [2.45, 2.75) is 18.9 Å². The fraction of sp³-hybridized carbons (Fsp3) is 0.222. The van der Waals surface area contributed by atoms with Crippen molar-refractivity contribution in [1.82, 2.24) is 0 Å². The number of benzene rings is 2. The number of nitrogens with two attached hydrogens (primary N) is 1. The Hall–Kier alpha value is -2.46. The third-order valence-electron chi connectivity index (χ3n) is 3.92. The lowest BCUT2D eigenvalue weighted by molar-refractivity contribution is -0.674. The molecule has 112 valence electrons. The molecular weight excluding hydrogens is 276 g/mol. The highest BCUT2D eigenvalue weighted by Crippen LogP contribution is 2.20. The average Bonchev–Trinajstić information content (AvgIpc) is 2.83. The summed E-state index contributed by atoms with van der Waals surface area (Å²) < 4.78 is 0. The number of amides is 2. The molecule has 0 spiro atoms. The van der Waals surface area contributed by atoms with Gasteiger partial charge in [0.05, 0.1) is 18.7 Å². The van der Waals surface area contributed by atoms with Gasteiger partial charge in [0.25, 0.3) is 5.91 Å². The van der Waals surface area contributed by atoms with Crippen LogP contribution in [0.15, 0.2) is 60.7 Å². The molecule has 0 radical (unpaired) electrons. The number of carbonyl (C=O) groups is 2. The molecule has 2 amide bonds. The van der Waals surface area contributed by atoms with Gasteiger partial charge in [-0.1, -0.05) is 48.5 Å². The van der Waals surface area contributed by atoms with Crippen LogP contribution < -0.4 is 10.2 Å². The maximum Gasteiger partial charge on any atom is 0.292 e. The van der Waals surface area contributed by atoms with E-state index in [2.05, 4.69) is 12.1 Å². The van der Waals surface area contributed by atoms with Crippen molar-refractivity contribution in [3.05, 3.63) is 66.2 Å². The number of quaternary nitrogens is 1. The summed E-state index contributed by atoms with van der Waals surface area (Å²) in [6, 6.07) is 19.0. The van der Waals surface area contributed by atoms with Crippen molar-refractivity contribution in [1.29, 1.82) is 0 Å². The van der Waals surface area contributed by atoms with Gasteiger partial charge in [-0.3, -0.25) is 9.59 Å². The number of nitrogens with zero attached hydrogens (tertiary/aromatic N) is 1. The lowest BCUT2D eigenvalue weighted by atomic mass is 10.1. The minimum atomic E-state index is -0.295. The third kappa shape index (κ3) is 3.07. The van der Waals surface area contributed by atoms with E-state index < -0.39 is 0 Å². The molecule has 0 saturated carbocycles. The molecule has 0 bridgehead atoms. The summed E-state index contributed by atoms with van der Waals surface area (Å²) in [6.07, 6.45) is 1.17. The molecule has 3 rings (SSSR count). The van der Waals surface area contributed by atoms with E-state index in [1.165, 1.54) is 10.5 Å². The van der Waals surface area contributed by atoms with Gasteiger partial charge in [-0.05, 0) is 17.7 Å². The number of carbonyl (C=O) groups excluding carboxylic acids is 2. The summed E-state index contributed by atoms with van der Waals surface area (Å²) in [7, 11) is 0. The number of para-hydroxylation sites is 1. The van der Waals surface area contributed by atoms with Crippen LogP contribution in [0.3, 0.4) is 0 Å². The fourth-order valence-corrected chi connectivity index (χ4v) is 2.78. The SMILES string of the molecule is O=C1C[C@@H]([NH2+]CCc2ccccc2)C(=O)N1c1ccccc1. The Balaban J connectivity index is 1.60. The second-order valence-corrected chi connectivity index (χ2v) is 5.47. The topological polar surface area (TPSA) is 54.0 Å². The zero-order valence-corrected chi connectivity index (χ0v) is 12.3. The van der Waals surface area contributed by atoms with Crippen molar-refractivity contribution in [2.75, 3.05) is 11.4 Å². The van der Waals surface area contributed by atoms with Gasteiger partial charge in [0, 0.05) is 6.42 Å². The van der Waals surface area contributed by atoms with Crippen LogP contribution in [-0.2, 0) is 16.0 Å². The molecule has 22 heavy (non-hydrogen) atoms. The Bertz CT molecular complexity index is 655. The molecule has 1 aliphatic rings. The molecule has 0 unspecified atom stereocenters. The van der Waals surface area contributed by atoms with E-state index in [0.717, 1.165) is 13.0 Å². The standard InChI is InChI=1S/C18H18N2O2/c21-17-13-16(19-12-11-14-7-3-1-4-8-14)18(22)20(17)15-9-5-2-6-10-15/h1-10,16,19H,11-13H2/p+1/t16-/m1/s1. The van der Waals surface area contributed by atoms with Crippen LogP contribution in [0.5, 0.6) is 0 Å². The summed E-state index contributed by atoms with van der Waals surface area (Å²) >= 11 is 0. The van der Waals surface area contributed by atoms with Gasteiger partial charge in [0.15, 0.2) is 6.04 Å². The number of anilines is 1. The summed E-state index contributed by atoms with van der Waals surface area (Å²) in [5.41, 5.74) is 1.91. The van der Waals surface area contributed by atoms with Gasteiger partial charge < -0.3 is 5.32 Å². The molecular formula is C18H19N2O2+. The molecule has 4 nitrogen and oxygen atoms in total. The Kier molecular flexibility index (Phi) is 4.30. The van der Waals surface area contributed by atoms with Crippen LogP contribution in [0.4, 0.5) is 5.69 Å². The van der Waals surface area contributed by atoms with Crippen LogP contribution in [-0.4, -0.2) is 24.4 Å². The van der Waals surface area contributed by atoms with Crippen LogP contribution in [0.1, 0.15) is 12.0 Å². The first-order chi connectivity index (χ1) is 10.8. The van der Waals surface area contributed by atoms with E-state index >= 15 is 0 Å². The highest BCUT2D eigenvalue weighted by atomic mass is 16.2. The molecule has 0 aliphatic carbocycles. The summed E-state index contributed by atoms with van der Waals surface area (Å²) in [6.45, 7) is 0.802. The third-order valence-corrected chi connectivity index (χ3v) is 3.92. The first-order valence-electron chi connectivity index (χ1n) is 7.55. The Morgan fingerprint density at radius 2 is 1.59 bits per heavy atom. The molecule has 4 heteroatoms. The minimum Gasteiger partial charge on any atom is -0.335 e. The van der Waals surface area contributed by atoms with E-state index in [0.29, 0.717) is 5.69 Å². The van der Waals surface area contributed by atoms with Gasteiger partial charge in [-0.25, -0.2) is 4.90 Å². The maximum atomic E-state index is 12.4. The van der Waals surface area contributed by atoms with Crippen LogP contribution in [0.2, 0.25) is 0 Å². The fourth-order valence-electron chi connectivity index (χ4n) is 2.78. The van der Waals surface area contributed by atoms with E-state index in [1.807, 2.05) is 41.7 Å². The first kappa shape index (κ1) is 14.5. The molecule has 1 fully saturated rings. The monoisotopic (exact) mass is 295 g/mol. The highest BCUT2D eigenvalue weighted by Gasteiger charge is 2.41. The Morgan fingerprint density at radius 3 is 2.27 bits per heavy atom. The van der Waals surface area contributed by atoms with Crippen LogP contribution in [0, 0.1) is 0 Å². The Labute approximate surface area is 129 Å². The maximum absolute atomic E-state index is 12.4. The second-order valence-electron chi connectivity index (χ2n) is 5.47. The second kappa shape index (κ2) is 6.54. The molecule has 1 aliphatic heterocycles. The molecule has 1 heterocycles. The summed E-state index contributed by atoms with van der Waals surface area (Å²) in [4.78, 5) is 25.9. The van der Waals surface area contributed by atoms with E-state index in [4.69, 9.17) is 0 Å². The van der Waals surface area contributed by atoms with E-state index in [1.54, 1.807) is 12.1 Å². The largest absolute Gasteiger partial charge is 0.335 e. The number of rotatable bonds is 5. The van der Waals surface area contributed by atoms with Gasteiger partial charge in [0.2, 0.25) is 5.91 Å². The average molecular weight is 295 g/mol. The number of hydrogen-bond donors (Lipinski definition) is 1. The van der Waals surface area contributed by atoms with Crippen LogP contribution >= 0.6 is 0 Å². The van der Waals surface area contributed by atoms with Crippen molar-refractivity contribution >= 4 is 17.5 Å². The van der Waals surface area contributed by atoms with Gasteiger partial charge in [-0.15, -0.1) is 0 Å². The molecule has 2 aromatic carbocycles. The van der Waals surface area contributed by atoms with Crippen LogP contribution in [0.25, 0.3) is 0 Å². The molecule has 2 N–H and O–H groups in total. The quantitative estimate of drug-likeness (QED) is 0.841. The van der Waals surface area contributed by atoms with Crippen molar-refractivity contribution in [3.8, 4) is 0 Å². The van der Waals surface area contributed by atoms with Gasteiger partial charge >= 0.3 is 0 Å². The summed E-state index contributed by atoms with van der Waals surface area (Å²) in [5.74, 6) is -0.221. The highest BCUT2D eigenvalue weighted by molar-refractivity contribution is 6.21. The number of imide groups is 1. The first-order valence-corrected chi connectivity index (χ1v) is 7.55. The number of hydrogen-bond acceptors (Lipinski definition) is 2. The predicted molar refractivity (Wildman–Crippen MR) is 84.3 cm³/mol. The van der Waals surface area contributed by atoms with E-state index in [9.17, 15) is 9.59 Å². The predicted octanol–water partition coefficient (Wildman–Crippen LogP) is 1.12. The van der Waals surface area contributed by atoms with Crippen molar-refractivity contribution < 1.29 is 14.9 Å².